The van der Waals surface area contributed by atoms with Gasteiger partial charge in [0.05, 0.1) is 16.4 Å². The van der Waals surface area contributed by atoms with Crippen molar-refractivity contribution in [2.24, 2.45) is 0 Å². The third-order valence-corrected chi connectivity index (χ3v) is 7.39. The van der Waals surface area contributed by atoms with Crippen molar-refractivity contribution in [1.82, 2.24) is 15.3 Å². The molecular formula is C25H25N3O2S2. The monoisotopic (exact) mass is 463 g/mol. The lowest BCUT2D eigenvalue weighted by Gasteiger charge is -2.16. The molecule has 0 spiro atoms. The average molecular weight is 464 g/mol. The lowest BCUT2D eigenvalue weighted by molar-refractivity contribution is -0.120. The van der Waals surface area contributed by atoms with Crippen LogP contribution >= 0.6 is 23.1 Å². The van der Waals surface area contributed by atoms with Gasteiger partial charge >= 0.3 is 0 Å². The number of carbonyl (C=O) groups excluding carboxylic acids is 1. The second-order valence-corrected chi connectivity index (χ2v) is 9.91. The average Bonchev–Trinajstić information content (AvgIpc) is 3.26. The maximum atomic E-state index is 12.8. The van der Waals surface area contributed by atoms with Gasteiger partial charge in [-0.05, 0) is 24.0 Å². The number of rotatable bonds is 8. The number of H-pyrrole nitrogens is 1. The highest BCUT2D eigenvalue weighted by atomic mass is 32.2. The third-order valence-electron chi connectivity index (χ3n) is 5.37. The number of aromatic nitrogens is 2. The molecule has 2 aromatic carbocycles. The molecule has 32 heavy (non-hydrogen) atoms. The molecule has 0 saturated carbocycles. The molecule has 0 aliphatic heterocycles. The van der Waals surface area contributed by atoms with Gasteiger partial charge in [0.1, 0.15) is 10.7 Å². The van der Waals surface area contributed by atoms with Gasteiger partial charge in [0.25, 0.3) is 5.56 Å². The number of benzene rings is 2. The zero-order valence-corrected chi connectivity index (χ0v) is 19.6. The van der Waals surface area contributed by atoms with Crippen molar-refractivity contribution in [2.75, 3.05) is 6.54 Å². The molecule has 0 saturated heterocycles. The molecule has 0 unspecified atom stereocenters. The highest BCUT2D eigenvalue weighted by molar-refractivity contribution is 7.99. The SMILES string of the molecule is C[C@@H](SCc1nc2scc(-c3ccccc3)c2c(=O)[nH]1)C(=O)NC[C@H](C)c1ccccc1. The van der Waals surface area contributed by atoms with Gasteiger partial charge in [-0.3, -0.25) is 9.59 Å². The van der Waals surface area contributed by atoms with E-state index in [9.17, 15) is 9.59 Å². The minimum atomic E-state index is -0.248. The van der Waals surface area contributed by atoms with Crippen LogP contribution in [0.3, 0.4) is 0 Å². The van der Waals surface area contributed by atoms with E-state index in [1.807, 2.05) is 60.8 Å². The van der Waals surface area contributed by atoms with Crippen molar-refractivity contribution in [3.05, 3.63) is 87.8 Å². The second-order valence-electron chi connectivity index (χ2n) is 7.72. The molecule has 2 heterocycles. The highest BCUT2D eigenvalue weighted by Crippen LogP contribution is 2.30. The number of nitrogens with one attached hydrogen (secondary N) is 2. The zero-order valence-electron chi connectivity index (χ0n) is 18.0. The molecule has 2 atom stereocenters. The van der Waals surface area contributed by atoms with Crippen molar-refractivity contribution in [1.29, 1.82) is 0 Å². The summed E-state index contributed by atoms with van der Waals surface area (Å²) in [5.74, 6) is 1.29. The van der Waals surface area contributed by atoms with Crippen LogP contribution in [0.2, 0.25) is 0 Å². The fourth-order valence-corrected chi connectivity index (χ4v) is 5.21. The third kappa shape index (κ3) is 5.11. The Balaban J connectivity index is 1.37. The second kappa shape index (κ2) is 10.1. The smallest absolute Gasteiger partial charge is 0.260 e. The van der Waals surface area contributed by atoms with Crippen LogP contribution in [0.25, 0.3) is 21.3 Å². The summed E-state index contributed by atoms with van der Waals surface area (Å²) in [5, 5.41) is 5.38. The number of thioether (sulfide) groups is 1. The van der Waals surface area contributed by atoms with Gasteiger partial charge in [-0.1, -0.05) is 67.6 Å². The Morgan fingerprint density at radius 2 is 1.78 bits per heavy atom. The quantitative estimate of drug-likeness (QED) is 0.377. The van der Waals surface area contributed by atoms with Crippen LogP contribution in [0.1, 0.15) is 31.2 Å². The van der Waals surface area contributed by atoms with Crippen LogP contribution in [0.5, 0.6) is 0 Å². The van der Waals surface area contributed by atoms with Gasteiger partial charge in [0.15, 0.2) is 0 Å². The van der Waals surface area contributed by atoms with Crippen molar-refractivity contribution >= 4 is 39.2 Å². The molecule has 1 amide bonds. The Morgan fingerprint density at radius 1 is 1.09 bits per heavy atom. The summed E-state index contributed by atoms with van der Waals surface area (Å²) in [6.45, 7) is 4.57. The van der Waals surface area contributed by atoms with Gasteiger partial charge in [-0.2, -0.15) is 0 Å². The molecule has 2 aromatic heterocycles. The molecule has 0 aliphatic rings. The fourth-order valence-electron chi connectivity index (χ4n) is 3.47. The molecule has 0 radical (unpaired) electrons. The standard InChI is InChI=1S/C25H25N3O2S2/c1-16(18-9-5-3-6-10-18)13-26-23(29)17(2)31-15-21-27-24(30)22-20(14-32-25(22)28-21)19-11-7-4-8-12-19/h3-12,14,16-17H,13,15H2,1-2H3,(H,26,29)(H,27,28,30)/t16-,17+/m0/s1. The summed E-state index contributed by atoms with van der Waals surface area (Å²) in [5.41, 5.74) is 2.97. The number of nitrogens with zero attached hydrogens (tertiary/aromatic N) is 1. The molecule has 0 fully saturated rings. The van der Waals surface area contributed by atoms with E-state index in [2.05, 4.69) is 34.3 Å². The van der Waals surface area contributed by atoms with E-state index in [0.29, 0.717) is 23.5 Å². The molecule has 4 rings (SSSR count). The van der Waals surface area contributed by atoms with Crippen LogP contribution in [0.15, 0.2) is 70.8 Å². The van der Waals surface area contributed by atoms with E-state index in [1.54, 1.807) is 0 Å². The van der Waals surface area contributed by atoms with Crippen molar-refractivity contribution in [3.8, 4) is 11.1 Å². The summed E-state index contributed by atoms with van der Waals surface area (Å²) < 4.78 is 0. The first kappa shape index (κ1) is 22.3. The molecule has 7 heteroatoms. The maximum Gasteiger partial charge on any atom is 0.260 e. The van der Waals surface area contributed by atoms with Crippen LogP contribution in [-0.4, -0.2) is 27.7 Å². The van der Waals surface area contributed by atoms with Gasteiger partial charge in [-0.15, -0.1) is 23.1 Å². The van der Waals surface area contributed by atoms with E-state index in [1.165, 1.54) is 28.7 Å². The highest BCUT2D eigenvalue weighted by Gasteiger charge is 2.17. The molecule has 0 aliphatic carbocycles. The first-order chi connectivity index (χ1) is 15.5. The van der Waals surface area contributed by atoms with Crippen LogP contribution in [0, 0.1) is 0 Å². The van der Waals surface area contributed by atoms with E-state index in [0.717, 1.165) is 16.0 Å². The van der Waals surface area contributed by atoms with Crippen LogP contribution < -0.4 is 10.9 Å². The van der Waals surface area contributed by atoms with Crippen LogP contribution in [-0.2, 0) is 10.5 Å². The van der Waals surface area contributed by atoms with Gasteiger partial charge in [0, 0.05) is 17.5 Å². The minimum Gasteiger partial charge on any atom is -0.355 e. The van der Waals surface area contributed by atoms with E-state index in [-0.39, 0.29) is 22.6 Å². The predicted octanol–water partition coefficient (Wildman–Crippen LogP) is 5.19. The molecule has 4 aromatic rings. The van der Waals surface area contributed by atoms with Gasteiger partial charge in [0.2, 0.25) is 5.91 Å². The number of fused-ring (bicyclic) bond motifs is 1. The Labute approximate surface area is 195 Å². The Kier molecular flexibility index (Phi) is 7.07. The van der Waals surface area contributed by atoms with Crippen LogP contribution in [0.4, 0.5) is 0 Å². The number of thiophene rings is 1. The largest absolute Gasteiger partial charge is 0.355 e. The van der Waals surface area contributed by atoms with Crippen molar-refractivity contribution < 1.29 is 4.79 Å². The summed E-state index contributed by atoms with van der Waals surface area (Å²) in [6.07, 6.45) is 0. The van der Waals surface area contributed by atoms with Crippen molar-refractivity contribution in [3.63, 3.8) is 0 Å². The van der Waals surface area contributed by atoms with Gasteiger partial charge in [-0.25, -0.2) is 4.98 Å². The Morgan fingerprint density at radius 3 is 2.50 bits per heavy atom. The molecule has 0 bridgehead atoms. The molecule has 5 nitrogen and oxygen atoms in total. The number of aromatic amines is 1. The number of amides is 1. The minimum absolute atomic E-state index is 0.0105. The summed E-state index contributed by atoms with van der Waals surface area (Å²) in [7, 11) is 0. The summed E-state index contributed by atoms with van der Waals surface area (Å²) >= 11 is 2.93. The van der Waals surface area contributed by atoms with Gasteiger partial charge < -0.3 is 10.3 Å². The maximum absolute atomic E-state index is 12.8. The van der Waals surface area contributed by atoms with E-state index in [4.69, 9.17) is 0 Å². The first-order valence-corrected chi connectivity index (χ1v) is 12.5. The fraction of sp³-hybridized carbons (Fsp3) is 0.240. The Hall–Kier alpha value is -2.90. The topological polar surface area (TPSA) is 74.8 Å². The zero-order chi connectivity index (χ0) is 22.5. The number of carbonyl (C=O) groups is 1. The number of hydrogen-bond acceptors (Lipinski definition) is 5. The first-order valence-electron chi connectivity index (χ1n) is 10.5. The summed E-state index contributed by atoms with van der Waals surface area (Å²) in [6, 6.07) is 20.0. The van der Waals surface area contributed by atoms with Crippen molar-refractivity contribution in [2.45, 2.75) is 30.8 Å². The molecular weight excluding hydrogens is 438 g/mol. The lowest BCUT2D eigenvalue weighted by atomic mass is 10.0. The Bertz CT molecular complexity index is 1250. The molecule has 164 valence electrons. The molecule has 2 N–H and O–H groups in total. The normalized spacial score (nSPS) is 13.1. The number of hydrogen-bond donors (Lipinski definition) is 2. The summed E-state index contributed by atoms with van der Waals surface area (Å²) in [4.78, 5) is 33.5. The lowest BCUT2D eigenvalue weighted by Crippen LogP contribution is -2.33. The van der Waals surface area contributed by atoms with E-state index < -0.39 is 0 Å². The predicted molar refractivity (Wildman–Crippen MR) is 134 cm³/mol. The van der Waals surface area contributed by atoms with E-state index >= 15 is 0 Å².